The predicted molar refractivity (Wildman–Crippen MR) is 81.4 cm³/mol. The van der Waals surface area contributed by atoms with Gasteiger partial charge in [-0.3, -0.25) is 9.69 Å². The minimum atomic E-state index is -2.86. The first kappa shape index (κ1) is 10.2. The van der Waals surface area contributed by atoms with Gasteiger partial charge in [0, 0.05) is 8.22 Å². The van der Waals surface area contributed by atoms with E-state index in [2.05, 4.69) is 6.92 Å². The molecule has 0 unspecified atom stereocenters. The second-order valence-corrected chi connectivity index (χ2v) is 4.99. The molecule has 0 fully saturated rings. The van der Waals surface area contributed by atoms with Crippen LogP contribution in [0, 0.1) is 0 Å². The molecule has 114 valence electrons. The normalized spacial score (nSPS) is 16.9. The number of ether oxygens (including phenoxy) is 1. The van der Waals surface area contributed by atoms with Crippen molar-refractivity contribution in [3.63, 3.8) is 0 Å². The Morgan fingerprint density at radius 1 is 0.947 bits per heavy atom. The molecule has 0 aromatic carbocycles. The Bertz CT molecular complexity index is 344. The lowest BCUT2D eigenvalue weighted by molar-refractivity contribution is -0.144. The Labute approximate surface area is 128 Å². The van der Waals surface area contributed by atoms with E-state index in [9.17, 15) is 4.79 Å². The number of rotatable bonds is 13. The molecule has 0 atom stereocenters. The molecule has 0 spiro atoms. The predicted octanol–water partition coefficient (Wildman–Crippen LogP) is 4.01. The van der Waals surface area contributed by atoms with Gasteiger partial charge in [0.1, 0.15) is 0 Å². The molecule has 0 bridgehead atoms. The summed E-state index contributed by atoms with van der Waals surface area (Å²) in [5, 5.41) is 0. The van der Waals surface area contributed by atoms with Gasteiger partial charge < -0.3 is 4.74 Å². The van der Waals surface area contributed by atoms with Gasteiger partial charge in [-0.2, -0.15) is 0 Å². The van der Waals surface area contributed by atoms with E-state index in [1.54, 1.807) is 0 Å². The Morgan fingerprint density at radius 2 is 1.47 bits per heavy atom. The van der Waals surface area contributed by atoms with E-state index in [0.29, 0.717) is 6.42 Å². The van der Waals surface area contributed by atoms with Crippen LogP contribution in [0.2, 0.25) is 0 Å². The third-order valence-corrected chi connectivity index (χ3v) is 3.05. The molecule has 0 aliphatic heterocycles. The van der Waals surface area contributed by atoms with Crippen molar-refractivity contribution in [2.45, 2.75) is 71.1 Å². The zero-order valence-corrected chi connectivity index (χ0v) is 12.2. The zero-order valence-electron chi connectivity index (χ0n) is 18.2. The van der Waals surface area contributed by atoms with E-state index in [-0.39, 0.29) is 11.5 Å². The molecule has 3 heteroatoms. The van der Waals surface area contributed by atoms with Crippen LogP contribution < -0.4 is 0 Å². The van der Waals surface area contributed by atoms with E-state index >= 15 is 0 Å². The van der Waals surface area contributed by atoms with Crippen molar-refractivity contribution in [1.29, 1.82) is 0 Å². The molecular weight excluding hydrogens is 238 g/mol. The number of esters is 1. The lowest BCUT2D eigenvalue weighted by Crippen LogP contribution is -2.23. The smallest absolute Gasteiger partial charge is 0.320 e. The van der Waals surface area contributed by atoms with Crippen LogP contribution in [-0.4, -0.2) is 38.0 Å². The highest BCUT2D eigenvalue weighted by Gasteiger charge is 2.03. The molecule has 0 heterocycles. The van der Waals surface area contributed by atoms with Gasteiger partial charge in [0.15, 0.2) is 0 Å². The van der Waals surface area contributed by atoms with Crippen LogP contribution in [-0.2, 0) is 9.53 Å². The molecule has 3 nitrogen and oxygen atoms in total. The fourth-order valence-electron chi connectivity index (χ4n) is 1.95. The Hall–Kier alpha value is -0.570. The minimum absolute atomic E-state index is 0.200. The fraction of sp³-hybridized carbons (Fsp3) is 0.938. The van der Waals surface area contributed by atoms with Crippen molar-refractivity contribution in [1.82, 2.24) is 4.90 Å². The molecule has 0 radical (unpaired) electrons. The van der Waals surface area contributed by atoms with Crippen molar-refractivity contribution in [3.05, 3.63) is 0 Å². The van der Waals surface area contributed by atoms with E-state index in [0.717, 1.165) is 12.8 Å². The molecule has 0 aliphatic rings. The highest BCUT2D eigenvalue weighted by Crippen LogP contribution is 2.10. The van der Waals surface area contributed by atoms with Crippen molar-refractivity contribution in [2.75, 3.05) is 27.1 Å². The van der Waals surface area contributed by atoms with Gasteiger partial charge in [0.25, 0.3) is 0 Å². The Morgan fingerprint density at radius 3 is 2.00 bits per heavy atom. The molecule has 0 aromatic heterocycles. The zero-order chi connectivity index (χ0) is 19.3. The number of carbonyl (C=O) groups is 1. The highest BCUT2D eigenvalue weighted by atomic mass is 16.5. The van der Waals surface area contributed by atoms with Crippen molar-refractivity contribution < 1.29 is 17.8 Å². The first-order chi connectivity index (χ1) is 11.6. The molecule has 0 amide bonds. The standard InChI is InChI=1S/C16H33NO2/c1-4-5-6-7-8-9-10-11-12-13-14-19-16(18)15-17(2)3/h4-15H2,1-3H3/i2D3,3D3. The number of unbranched alkanes of at least 4 members (excludes halogenated alkanes) is 9. The number of carbonyl (C=O) groups excluding carboxylic acids is 1. The van der Waals surface area contributed by atoms with Crippen LogP contribution in [0.3, 0.4) is 0 Å². The molecule has 19 heavy (non-hydrogen) atoms. The third kappa shape index (κ3) is 15.4. The molecule has 0 rings (SSSR count). The Balaban J connectivity index is 3.73. The summed E-state index contributed by atoms with van der Waals surface area (Å²) < 4.78 is 48.1. The fourth-order valence-corrected chi connectivity index (χ4v) is 1.95. The topological polar surface area (TPSA) is 29.5 Å². The number of likely N-dealkylation sites (N-methyl/N-ethyl adjacent to an activating group) is 1. The first-order valence-electron chi connectivity index (χ1n) is 10.5. The van der Waals surface area contributed by atoms with Crippen LogP contribution in [0.25, 0.3) is 0 Å². The average Bonchev–Trinajstić information content (AvgIpc) is 2.48. The monoisotopic (exact) mass is 277 g/mol. The second-order valence-electron chi connectivity index (χ2n) is 4.99. The third-order valence-electron chi connectivity index (χ3n) is 3.05. The average molecular weight is 277 g/mol. The van der Waals surface area contributed by atoms with E-state index in [4.69, 9.17) is 13.0 Å². The first-order valence-corrected chi connectivity index (χ1v) is 7.52. The van der Waals surface area contributed by atoms with Gasteiger partial charge in [0.2, 0.25) is 0 Å². The van der Waals surface area contributed by atoms with Crippen molar-refractivity contribution in [2.24, 2.45) is 0 Å². The summed E-state index contributed by atoms with van der Waals surface area (Å²) in [6.45, 7) is -4.07. The van der Waals surface area contributed by atoms with Gasteiger partial charge in [-0.25, -0.2) is 0 Å². The number of hydrogen-bond acceptors (Lipinski definition) is 3. The van der Waals surface area contributed by atoms with Crippen LogP contribution in [0.4, 0.5) is 0 Å². The van der Waals surface area contributed by atoms with Crippen LogP contribution in [0.5, 0.6) is 0 Å². The van der Waals surface area contributed by atoms with Gasteiger partial charge >= 0.3 is 5.97 Å². The molecule has 0 saturated carbocycles. The molecule has 0 aromatic rings. The van der Waals surface area contributed by atoms with E-state index in [1.165, 1.54) is 44.9 Å². The summed E-state index contributed by atoms with van der Waals surface area (Å²) in [7, 11) is 0. The van der Waals surface area contributed by atoms with E-state index in [1.807, 2.05) is 0 Å². The summed E-state index contributed by atoms with van der Waals surface area (Å²) >= 11 is 0. The highest BCUT2D eigenvalue weighted by molar-refractivity contribution is 5.71. The maximum Gasteiger partial charge on any atom is 0.320 e. The van der Waals surface area contributed by atoms with Crippen LogP contribution in [0.15, 0.2) is 0 Å². The SMILES string of the molecule is [2H]C([2H])([2H])N(CC(=O)OCCCCCCCCCCCC)C([2H])([2H])[2H]. The maximum absolute atomic E-state index is 11.6. The minimum Gasteiger partial charge on any atom is -0.465 e. The van der Waals surface area contributed by atoms with E-state index < -0.39 is 26.5 Å². The van der Waals surface area contributed by atoms with Gasteiger partial charge in [0.05, 0.1) is 13.2 Å². The van der Waals surface area contributed by atoms with Gasteiger partial charge in [-0.05, 0) is 20.4 Å². The molecule has 0 N–H and O–H groups in total. The summed E-state index contributed by atoms with van der Waals surface area (Å²) in [5.41, 5.74) is 0. The summed E-state index contributed by atoms with van der Waals surface area (Å²) in [4.78, 5) is 11.9. The van der Waals surface area contributed by atoms with Crippen LogP contribution in [0.1, 0.15) is 79.4 Å². The molecule has 0 aliphatic carbocycles. The largest absolute Gasteiger partial charge is 0.465 e. The lowest BCUT2D eigenvalue weighted by atomic mass is 10.1. The number of hydrogen-bond donors (Lipinski definition) is 0. The Kier molecular flexibility index (Phi) is 7.44. The summed E-state index contributed by atoms with van der Waals surface area (Å²) in [6, 6.07) is 0. The summed E-state index contributed by atoms with van der Waals surface area (Å²) in [5.74, 6) is -0.817. The van der Waals surface area contributed by atoms with Crippen LogP contribution >= 0.6 is 0 Å². The number of nitrogens with zero attached hydrogens (tertiary/aromatic N) is 1. The maximum atomic E-state index is 11.6. The van der Waals surface area contributed by atoms with Gasteiger partial charge in [-0.1, -0.05) is 64.7 Å². The second kappa shape index (κ2) is 13.9. The van der Waals surface area contributed by atoms with Gasteiger partial charge in [-0.15, -0.1) is 0 Å². The quantitative estimate of drug-likeness (QED) is 0.376. The van der Waals surface area contributed by atoms with Crippen molar-refractivity contribution in [3.8, 4) is 0 Å². The molecular formula is C16H33NO2. The molecule has 0 saturated heterocycles. The summed E-state index contributed by atoms with van der Waals surface area (Å²) in [6.07, 6.45) is 11.6. The lowest BCUT2D eigenvalue weighted by Gasteiger charge is -2.09. The van der Waals surface area contributed by atoms with Crippen molar-refractivity contribution >= 4 is 5.97 Å².